The van der Waals surface area contributed by atoms with E-state index in [1.807, 2.05) is 6.08 Å². The van der Waals surface area contributed by atoms with Crippen LogP contribution in [0.4, 0.5) is 0 Å². The summed E-state index contributed by atoms with van der Waals surface area (Å²) in [7, 11) is 0. The van der Waals surface area contributed by atoms with E-state index >= 15 is 0 Å². The number of unbranched alkanes of at least 4 members (excludes halogenated alkanes) is 4. The second kappa shape index (κ2) is 11.9. The summed E-state index contributed by atoms with van der Waals surface area (Å²) in [5.41, 5.74) is 0.832. The number of hydrogen-bond donors (Lipinski definition) is 0. The highest BCUT2D eigenvalue weighted by atomic mass is 16.5. The topological polar surface area (TPSA) is 52.6 Å². The third-order valence-electron chi connectivity index (χ3n) is 4.74. The zero-order valence-electron chi connectivity index (χ0n) is 16.3. The summed E-state index contributed by atoms with van der Waals surface area (Å²) >= 11 is 0. The van der Waals surface area contributed by atoms with E-state index < -0.39 is 5.97 Å². The van der Waals surface area contributed by atoms with Gasteiger partial charge in [-0.3, -0.25) is 0 Å². The maximum Gasteiger partial charge on any atom is 0.338 e. The third kappa shape index (κ3) is 7.45. The Hall–Kier alpha value is -1.58. The zero-order valence-corrected chi connectivity index (χ0v) is 16.3. The number of ether oxygens (including phenoxy) is 2. The molecule has 0 aromatic carbocycles. The number of esters is 2. The van der Waals surface area contributed by atoms with Crippen LogP contribution in [-0.4, -0.2) is 25.2 Å². The van der Waals surface area contributed by atoms with Crippen molar-refractivity contribution in [3.8, 4) is 0 Å². The van der Waals surface area contributed by atoms with Crippen molar-refractivity contribution in [2.45, 2.75) is 72.6 Å². The Balaban J connectivity index is 2.84. The highest BCUT2D eigenvalue weighted by molar-refractivity contribution is 6.02. The van der Waals surface area contributed by atoms with Gasteiger partial charge in [-0.1, -0.05) is 65.5 Å². The van der Waals surface area contributed by atoms with Gasteiger partial charge in [-0.05, 0) is 31.1 Å². The molecule has 0 N–H and O–H groups in total. The van der Waals surface area contributed by atoms with Gasteiger partial charge >= 0.3 is 11.9 Å². The quantitative estimate of drug-likeness (QED) is 0.412. The van der Waals surface area contributed by atoms with Gasteiger partial charge in [-0.2, -0.15) is 0 Å². The zero-order chi connectivity index (χ0) is 18.7. The number of hydrogen-bond acceptors (Lipinski definition) is 4. The summed E-state index contributed by atoms with van der Waals surface area (Å²) in [6.45, 7) is 9.20. The largest absolute Gasteiger partial charge is 0.462 e. The molecule has 25 heavy (non-hydrogen) atoms. The molecular formula is C21H34O4. The van der Waals surface area contributed by atoms with Gasteiger partial charge in [0.15, 0.2) is 0 Å². The van der Waals surface area contributed by atoms with Crippen molar-refractivity contribution in [3.63, 3.8) is 0 Å². The smallest absolute Gasteiger partial charge is 0.338 e. The highest BCUT2D eigenvalue weighted by Crippen LogP contribution is 2.29. The third-order valence-corrected chi connectivity index (χ3v) is 4.74. The van der Waals surface area contributed by atoms with Crippen LogP contribution in [0.2, 0.25) is 0 Å². The summed E-state index contributed by atoms with van der Waals surface area (Å²) in [5, 5.41) is 0. The van der Waals surface area contributed by atoms with Crippen molar-refractivity contribution in [1.82, 2.24) is 0 Å². The van der Waals surface area contributed by atoms with E-state index in [1.165, 1.54) is 0 Å². The molecule has 1 aliphatic rings. The van der Waals surface area contributed by atoms with E-state index in [-0.39, 0.29) is 11.9 Å². The Morgan fingerprint density at radius 3 is 2.08 bits per heavy atom. The summed E-state index contributed by atoms with van der Waals surface area (Å²) in [6.07, 6.45) is 10.2. The van der Waals surface area contributed by atoms with Gasteiger partial charge in [0.1, 0.15) is 0 Å². The van der Waals surface area contributed by atoms with Crippen LogP contribution < -0.4 is 0 Å². The van der Waals surface area contributed by atoms with E-state index in [0.29, 0.717) is 36.7 Å². The molecule has 0 aromatic rings. The number of allylic oxidation sites excluding steroid dienone is 1. The van der Waals surface area contributed by atoms with Crippen molar-refractivity contribution in [2.75, 3.05) is 13.2 Å². The molecular weight excluding hydrogens is 316 g/mol. The molecule has 0 amide bonds. The Morgan fingerprint density at radius 1 is 0.960 bits per heavy atom. The van der Waals surface area contributed by atoms with Gasteiger partial charge in [0.2, 0.25) is 0 Å². The average molecular weight is 350 g/mol. The fourth-order valence-corrected chi connectivity index (χ4v) is 2.74. The van der Waals surface area contributed by atoms with Crippen LogP contribution in [-0.2, 0) is 19.1 Å². The number of carbonyl (C=O) groups is 2. The Labute approximate surface area is 152 Å². The summed E-state index contributed by atoms with van der Waals surface area (Å²) in [5.74, 6) is -0.204. The van der Waals surface area contributed by atoms with Gasteiger partial charge in [0.05, 0.1) is 24.4 Å². The molecule has 142 valence electrons. The first kappa shape index (κ1) is 21.5. The van der Waals surface area contributed by atoms with Gasteiger partial charge < -0.3 is 9.47 Å². The van der Waals surface area contributed by atoms with Crippen molar-refractivity contribution < 1.29 is 19.1 Å². The van der Waals surface area contributed by atoms with E-state index in [0.717, 1.165) is 38.5 Å². The minimum absolute atomic E-state index is 0.278. The second-order valence-corrected chi connectivity index (χ2v) is 6.98. The average Bonchev–Trinajstić information content (AvgIpc) is 2.75. The molecule has 2 atom stereocenters. The van der Waals surface area contributed by atoms with Crippen LogP contribution in [0.3, 0.4) is 0 Å². The van der Waals surface area contributed by atoms with Gasteiger partial charge in [-0.25, -0.2) is 9.59 Å². The Bertz CT molecular complexity index is 490. The first-order valence-electron chi connectivity index (χ1n) is 9.76. The lowest BCUT2D eigenvalue weighted by molar-refractivity contribution is -0.142. The van der Waals surface area contributed by atoms with E-state index in [1.54, 1.807) is 6.08 Å². The number of carbonyl (C=O) groups excluding carboxylic acids is 2. The maximum atomic E-state index is 12.5. The molecule has 0 saturated carbocycles. The lowest BCUT2D eigenvalue weighted by atomic mass is 9.91. The van der Waals surface area contributed by atoms with E-state index in [2.05, 4.69) is 27.7 Å². The molecule has 0 spiro atoms. The molecule has 0 fully saturated rings. The SMILES string of the molecule is CCCCCOC(=O)C1=C(C(=O)OCCCCC)CC(C)C(C)C=C1. The van der Waals surface area contributed by atoms with Crippen molar-refractivity contribution in [2.24, 2.45) is 11.8 Å². The second-order valence-electron chi connectivity index (χ2n) is 6.98. The van der Waals surface area contributed by atoms with Gasteiger partial charge in [0, 0.05) is 0 Å². The number of rotatable bonds is 10. The molecule has 0 saturated heterocycles. The van der Waals surface area contributed by atoms with Crippen molar-refractivity contribution in [1.29, 1.82) is 0 Å². The van der Waals surface area contributed by atoms with Crippen LogP contribution in [0.15, 0.2) is 23.3 Å². The minimum atomic E-state index is -0.408. The van der Waals surface area contributed by atoms with Gasteiger partial charge in [-0.15, -0.1) is 0 Å². The van der Waals surface area contributed by atoms with Gasteiger partial charge in [0.25, 0.3) is 0 Å². The van der Waals surface area contributed by atoms with Crippen molar-refractivity contribution in [3.05, 3.63) is 23.3 Å². The van der Waals surface area contributed by atoms with Crippen LogP contribution in [0.5, 0.6) is 0 Å². The lowest BCUT2D eigenvalue weighted by Gasteiger charge is -2.16. The fraction of sp³-hybridized carbons (Fsp3) is 0.714. The monoisotopic (exact) mass is 350 g/mol. The van der Waals surface area contributed by atoms with Crippen LogP contribution >= 0.6 is 0 Å². The van der Waals surface area contributed by atoms with Crippen molar-refractivity contribution >= 4 is 11.9 Å². The summed E-state index contributed by atoms with van der Waals surface area (Å²) in [6, 6.07) is 0. The molecule has 0 aromatic heterocycles. The van der Waals surface area contributed by atoms with Crippen LogP contribution in [0.25, 0.3) is 0 Å². The minimum Gasteiger partial charge on any atom is -0.462 e. The maximum absolute atomic E-state index is 12.5. The normalized spacial score (nSPS) is 20.3. The fourth-order valence-electron chi connectivity index (χ4n) is 2.74. The molecule has 2 unspecified atom stereocenters. The molecule has 4 nitrogen and oxygen atoms in total. The Kier molecular flexibility index (Phi) is 10.2. The van der Waals surface area contributed by atoms with E-state index in [4.69, 9.17) is 9.47 Å². The first-order valence-corrected chi connectivity index (χ1v) is 9.76. The molecule has 0 bridgehead atoms. The molecule has 4 heteroatoms. The molecule has 1 rings (SSSR count). The summed E-state index contributed by atoms with van der Waals surface area (Å²) < 4.78 is 10.8. The predicted molar refractivity (Wildman–Crippen MR) is 100 cm³/mol. The van der Waals surface area contributed by atoms with Crippen LogP contribution in [0.1, 0.15) is 72.6 Å². The summed E-state index contributed by atoms with van der Waals surface area (Å²) in [4.78, 5) is 25.0. The molecule has 0 heterocycles. The Morgan fingerprint density at radius 2 is 1.52 bits per heavy atom. The molecule has 1 aliphatic carbocycles. The predicted octanol–water partition coefficient (Wildman–Crippen LogP) is 4.98. The standard InChI is InChI=1S/C21H34O4/c1-5-7-9-13-24-20(22)18-12-11-16(3)17(4)15-19(18)21(23)25-14-10-8-6-2/h11-12,16-17H,5-10,13-15H2,1-4H3. The highest BCUT2D eigenvalue weighted by Gasteiger charge is 2.27. The first-order chi connectivity index (χ1) is 12.0. The lowest BCUT2D eigenvalue weighted by Crippen LogP contribution is -2.18. The molecule has 0 aliphatic heterocycles. The van der Waals surface area contributed by atoms with E-state index in [9.17, 15) is 9.59 Å². The van der Waals surface area contributed by atoms with Crippen LogP contribution in [0, 0.1) is 11.8 Å². The molecule has 0 radical (unpaired) electrons.